The number of carbonyl (C=O) groups excluding carboxylic acids is 2. The Morgan fingerprint density at radius 1 is 1.11 bits per heavy atom. The number of allylic oxidation sites excluding steroid dienone is 1. The molecule has 0 saturated carbocycles. The zero-order valence-corrected chi connectivity index (χ0v) is 20.6. The number of nitrogens with zero attached hydrogens (tertiary/aromatic N) is 1. The third-order valence-electron chi connectivity index (χ3n) is 7.38. The number of aliphatic hydroxyl groups excluding tert-OH is 2. The third-order valence-corrected chi connectivity index (χ3v) is 7.38. The van der Waals surface area contributed by atoms with Gasteiger partial charge in [-0.05, 0) is 53.7 Å². The largest absolute Gasteiger partial charge is 0.507 e. The number of rotatable bonds is 9. The van der Waals surface area contributed by atoms with Crippen LogP contribution in [-0.4, -0.2) is 65.5 Å². The van der Waals surface area contributed by atoms with E-state index in [1.165, 1.54) is 7.05 Å². The maximum Gasteiger partial charge on any atom is 0.233 e. The van der Waals surface area contributed by atoms with Gasteiger partial charge in [-0.1, -0.05) is 48.5 Å². The highest BCUT2D eigenvalue weighted by Gasteiger charge is 2.53. The lowest BCUT2D eigenvalue weighted by molar-refractivity contribution is -0.138. The zero-order valence-electron chi connectivity index (χ0n) is 20.6. The first-order valence-electron chi connectivity index (χ1n) is 12.2. The number of aliphatic hydroxyl groups is 2. The molecule has 1 aliphatic carbocycles. The lowest BCUT2D eigenvalue weighted by Crippen LogP contribution is -2.39. The molecule has 2 aromatic carbocycles. The van der Waals surface area contributed by atoms with E-state index in [4.69, 9.17) is 4.74 Å². The third kappa shape index (κ3) is 5.00. The van der Waals surface area contributed by atoms with Gasteiger partial charge in [-0.2, -0.15) is 0 Å². The van der Waals surface area contributed by atoms with Crippen LogP contribution in [0.1, 0.15) is 30.4 Å². The van der Waals surface area contributed by atoms with E-state index in [9.17, 15) is 24.9 Å². The number of imide groups is 1. The smallest absolute Gasteiger partial charge is 0.233 e. The van der Waals surface area contributed by atoms with Gasteiger partial charge in [-0.25, -0.2) is 0 Å². The molecule has 1 saturated heterocycles. The van der Waals surface area contributed by atoms with E-state index < -0.39 is 23.9 Å². The van der Waals surface area contributed by atoms with Crippen molar-refractivity contribution in [3.8, 4) is 5.75 Å². The number of hydrogen-bond donors (Lipinski definition) is 3. The summed E-state index contributed by atoms with van der Waals surface area (Å²) in [5, 5.41) is 32.0. The van der Waals surface area contributed by atoms with Gasteiger partial charge in [0.2, 0.25) is 11.8 Å². The number of ether oxygens (including phenoxy) is 1. The molecular weight excluding hydrogens is 458 g/mol. The summed E-state index contributed by atoms with van der Waals surface area (Å²) < 4.78 is 5.38. The second-order valence-corrected chi connectivity index (χ2v) is 9.50. The first-order chi connectivity index (χ1) is 17.4. The average Bonchev–Trinajstić information content (AvgIpc) is 3.10. The van der Waals surface area contributed by atoms with E-state index >= 15 is 0 Å². The number of hydrogen-bond acceptors (Lipinski definition) is 6. The number of amides is 2. The van der Waals surface area contributed by atoms with Crippen molar-refractivity contribution < 1.29 is 29.6 Å². The predicted octanol–water partition coefficient (Wildman–Crippen LogP) is 3.26. The quantitative estimate of drug-likeness (QED) is 0.282. The number of fused-ring (bicyclic) bond motifs is 1. The highest BCUT2D eigenvalue weighted by molar-refractivity contribution is 6.05. The maximum absolute atomic E-state index is 12.9. The highest BCUT2D eigenvalue weighted by atomic mass is 16.5. The molecule has 1 aliphatic heterocycles. The SMILES string of the molecule is COCC1=C([C@H](O)CC/C(=C/c2ccccc2O)c2ccccc2)[C@H](CO)[C@@H]2C(=O)N(C)C(=O)[C@@H]2C1. The maximum atomic E-state index is 12.9. The van der Waals surface area contributed by atoms with Crippen molar-refractivity contribution in [1.82, 2.24) is 4.90 Å². The minimum atomic E-state index is -0.932. The molecule has 7 heteroatoms. The number of methoxy groups -OCH3 is 1. The fourth-order valence-electron chi connectivity index (χ4n) is 5.62. The van der Waals surface area contributed by atoms with E-state index in [-0.39, 0.29) is 30.8 Å². The number of aromatic hydroxyl groups is 1. The Labute approximate surface area is 211 Å². The van der Waals surface area contributed by atoms with E-state index in [0.717, 1.165) is 21.6 Å². The normalized spacial score (nSPS) is 23.3. The van der Waals surface area contributed by atoms with Gasteiger partial charge >= 0.3 is 0 Å². The van der Waals surface area contributed by atoms with E-state index in [1.807, 2.05) is 48.5 Å². The molecule has 1 fully saturated rings. The topological polar surface area (TPSA) is 107 Å². The molecule has 3 N–H and O–H groups in total. The summed E-state index contributed by atoms with van der Waals surface area (Å²) >= 11 is 0. The van der Waals surface area contributed by atoms with Crippen LogP contribution in [0.15, 0.2) is 65.7 Å². The summed E-state index contributed by atoms with van der Waals surface area (Å²) in [7, 11) is 3.02. The summed E-state index contributed by atoms with van der Waals surface area (Å²) in [6, 6.07) is 16.8. The van der Waals surface area contributed by atoms with Gasteiger partial charge in [0.15, 0.2) is 0 Å². The lowest BCUT2D eigenvalue weighted by atomic mass is 9.68. The van der Waals surface area contributed by atoms with Crippen LogP contribution in [0.3, 0.4) is 0 Å². The number of phenolic OH excluding ortho intramolecular Hbond substituents is 1. The summed E-state index contributed by atoms with van der Waals surface area (Å²) in [5.74, 6) is -2.25. The first-order valence-corrected chi connectivity index (χ1v) is 12.2. The van der Waals surface area contributed by atoms with E-state index in [1.54, 1.807) is 19.2 Å². The van der Waals surface area contributed by atoms with Crippen molar-refractivity contribution in [2.45, 2.75) is 25.4 Å². The van der Waals surface area contributed by atoms with Crippen LogP contribution in [0.4, 0.5) is 0 Å². The fraction of sp³-hybridized carbons (Fsp3) is 0.379. The molecule has 4 atom stereocenters. The molecule has 0 spiro atoms. The molecule has 190 valence electrons. The predicted molar refractivity (Wildman–Crippen MR) is 137 cm³/mol. The number of benzene rings is 2. The summed E-state index contributed by atoms with van der Waals surface area (Å²) in [5.41, 5.74) is 3.96. The summed E-state index contributed by atoms with van der Waals surface area (Å²) in [6.07, 6.45) is 2.13. The molecule has 2 amide bonds. The van der Waals surface area contributed by atoms with Gasteiger partial charge in [-0.3, -0.25) is 14.5 Å². The minimum absolute atomic E-state index is 0.170. The molecule has 0 bridgehead atoms. The van der Waals surface area contributed by atoms with Crippen LogP contribution in [0.5, 0.6) is 5.75 Å². The molecule has 4 rings (SSSR count). The van der Waals surface area contributed by atoms with E-state index in [2.05, 4.69) is 0 Å². The molecule has 7 nitrogen and oxygen atoms in total. The molecule has 36 heavy (non-hydrogen) atoms. The van der Waals surface area contributed by atoms with Crippen molar-refractivity contribution in [3.05, 3.63) is 76.9 Å². The molecule has 1 heterocycles. The van der Waals surface area contributed by atoms with Gasteiger partial charge in [0.1, 0.15) is 5.75 Å². The fourth-order valence-corrected chi connectivity index (χ4v) is 5.62. The Morgan fingerprint density at radius 2 is 1.81 bits per heavy atom. The van der Waals surface area contributed by atoms with Crippen LogP contribution in [0.2, 0.25) is 0 Å². The van der Waals surface area contributed by atoms with Crippen LogP contribution in [0.25, 0.3) is 11.6 Å². The monoisotopic (exact) mass is 491 g/mol. The Kier molecular flexibility index (Phi) is 8.04. The van der Waals surface area contributed by atoms with Crippen molar-refractivity contribution >= 4 is 23.5 Å². The van der Waals surface area contributed by atoms with E-state index in [0.29, 0.717) is 30.4 Å². The average molecular weight is 492 g/mol. The van der Waals surface area contributed by atoms with Crippen LogP contribution >= 0.6 is 0 Å². The van der Waals surface area contributed by atoms with Crippen molar-refractivity contribution in [3.63, 3.8) is 0 Å². The summed E-state index contributed by atoms with van der Waals surface area (Å²) in [6.45, 7) is -0.122. The second kappa shape index (κ2) is 11.2. The van der Waals surface area contributed by atoms with Crippen LogP contribution in [-0.2, 0) is 14.3 Å². The minimum Gasteiger partial charge on any atom is -0.507 e. The standard InChI is InChI=1S/C29H33NO6/c1-30-28(34)22-15-21(17-36-2)26(23(16-31)27(22)29(30)35)25(33)13-12-19(18-8-4-3-5-9-18)14-20-10-6-7-11-24(20)32/h3-11,14,22-23,25,27,31-33H,12-13,15-17H2,1-2H3/b19-14-/t22-,23+,25-,27-/m1/s1. The van der Waals surface area contributed by atoms with Crippen molar-refractivity contribution in [2.75, 3.05) is 27.4 Å². The highest BCUT2D eigenvalue weighted by Crippen LogP contribution is 2.46. The lowest BCUT2D eigenvalue weighted by Gasteiger charge is -2.36. The Hall–Kier alpha value is -3.26. The molecule has 0 radical (unpaired) electrons. The van der Waals surface area contributed by atoms with Gasteiger partial charge in [0, 0.05) is 25.6 Å². The Bertz CT molecular complexity index is 1170. The number of para-hydroxylation sites is 1. The molecule has 0 aromatic heterocycles. The van der Waals surface area contributed by atoms with Crippen LogP contribution < -0.4 is 0 Å². The molecular formula is C29H33NO6. The van der Waals surface area contributed by atoms with Gasteiger partial charge in [0.05, 0.1) is 31.2 Å². The van der Waals surface area contributed by atoms with Gasteiger partial charge < -0.3 is 20.1 Å². The van der Waals surface area contributed by atoms with Gasteiger partial charge in [0.25, 0.3) is 0 Å². The first kappa shape index (κ1) is 25.8. The van der Waals surface area contributed by atoms with Gasteiger partial charge in [-0.15, -0.1) is 0 Å². The second-order valence-electron chi connectivity index (χ2n) is 9.50. The molecule has 2 aromatic rings. The number of phenols is 1. The molecule has 2 aliphatic rings. The van der Waals surface area contributed by atoms with Crippen molar-refractivity contribution in [2.24, 2.45) is 17.8 Å². The molecule has 0 unspecified atom stereocenters. The van der Waals surface area contributed by atoms with Crippen LogP contribution in [0, 0.1) is 17.8 Å². The Morgan fingerprint density at radius 3 is 2.47 bits per heavy atom. The number of likely N-dealkylation sites (tertiary alicyclic amines) is 1. The zero-order chi connectivity index (χ0) is 25.8. The Balaban J connectivity index is 1.65. The number of carbonyl (C=O) groups is 2. The van der Waals surface area contributed by atoms with Crippen molar-refractivity contribution in [1.29, 1.82) is 0 Å². The summed E-state index contributed by atoms with van der Waals surface area (Å²) in [4.78, 5) is 26.7.